The summed E-state index contributed by atoms with van der Waals surface area (Å²) < 4.78 is 6.13. The Morgan fingerprint density at radius 1 is 1.27 bits per heavy atom. The molecule has 134 valence electrons. The monoisotopic (exact) mass is 390 g/mol. The predicted octanol–water partition coefficient (Wildman–Crippen LogP) is 2.92. The third kappa shape index (κ3) is 4.34. The minimum absolute atomic E-state index is 0.129. The standard InChI is InChI=1S/C17H15ClN4O3S/c1-25-9-8-22-15(23)7-6-13(21-22)16(24)20-17-19-14(10-26-17)11-2-4-12(18)5-3-11/h2-7,10H,8-9H2,1H3,(H,19,20,24). The van der Waals surface area contributed by atoms with Crippen molar-refractivity contribution in [3.8, 4) is 11.3 Å². The largest absolute Gasteiger partial charge is 0.383 e. The smallest absolute Gasteiger partial charge is 0.277 e. The van der Waals surface area contributed by atoms with E-state index in [1.807, 2.05) is 17.5 Å². The molecule has 2 aromatic heterocycles. The normalized spacial score (nSPS) is 10.7. The number of benzene rings is 1. The minimum atomic E-state index is -0.437. The van der Waals surface area contributed by atoms with Gasteiger partial charge in [0, 0.05) is 29.1 Å². The van der Waals surface area contributed by atoms with Crippen LogP contribution < -0.4 is 10.9 Å². The van der Waals surface area contributed by atoms with Gasteiger partial charge in [-0.25, -0.2) is 9.67 Å². The van der Waals surface area contributed by atoms with Gasteiger partial charge in [0.05, 0.1) is 18.8 Å². The highest BCUT2D eigenvalue weighted by atomic mass is 35.5. The van der Waals surface area contributed by atoms with Crippen LogP contribution in [0.25, 0.3) is 11.3 Å². The Morgan fingerprint density at radius 3 is 2.77 bits per heavy atom. The van der Waals surface area contributed by atoms with Gasteiger partial charge in [-0.15, -0.1) is 11.3 Å². The van der Waals surface area contributed by atoms with Crippen LogP contribution in [0.1, 0.15) is 10.5 Å². The first-order valence-corrected chi connectivity index (χ1v) is 8.92. The van der Waals surface area contributed by atoms with Gasteiger partial charge in [-0.1, -0.05) is 23.7 Å². The molecule has 1 N–H and O–H groups in total. The zero-order valence-corrected chi connectivity index (χ0v) is 15.4. The Morgan fingerprint density at radius 2 is 2.04 bits per heavy atom. The molecule has 0 aliphatic rings. The summed E-state index contributed by atoms with van der Waals surface area (Å²) in [6.45, 7) is 0.601. The van der Waals surface area contributed by atoms with Crippen LogP contribution in [0.5, 0.6) is 0 Å². The second-order valence-electron chi connectivity index (χ2n) is 5.27. The van der Waals surface area contributed by atoms with E-state index in [-0.39, 0.29) is 17.8 Å². The van der Waals surface area contributed by atoms with Crippen LogP contribution in [0.3, 0.4) is 0 Å². The second-order valence-corrected chi connectivity index (χ2v) is 6.57. The number of carbonyl (C=O) groups excluding carboxylic acids is 1. The molecule has 0 aliphatic carbocycles. The van der Waals surface area contributed by atoms with Crippen molar-refractivity contribution in [3.05, 3.63) is 62.8 Å². The van der Waals surface area contributed by atoms with Gasteiger partial charge in [0.15, 0.2) is 5.13 Å². The number of rotatable bonds is 6. The lowest BCUT2D eigenvalue weighted by molar-refractivity contribution is 0.101. The number of ether oxygens (including phenoxy) is 1. The van der Waals surface area contributed by atoms with Crippen LogP contribution in [0, 0.1) is 0 Å². The summed E-state index contributed by atoms with van der Waals surface area (Å²) in [5.74, 6) is -0.437. The van der Waals surface area contributed by atoms with Gasteiger partial charge in [0.2, 0.25) is 0 Å². The maximum atomic E-state index is 12.4. The number of anilines is 1. The van der Waals surface area contributed by atoms with E-state index in [2.05, 4.69) is 15.4 Å². The molecule has 0 spiro atoms. The Hall–Kier alpha value is -2.55. The number of halogens is 1. The number of nitrogens with zero attached hydrogens (tertiary/aromatic N) is 3. The van der Waals surface area contributed by atoms with Crippen molar-refractivity contribution < 1.29 is 9.53 Å². The molecule has 3 rings (SSSR count). The summed E-state index contributed by atoms with van der Waals surface area (Å²) >= 11 is 7.18. The van der Waals surface area contributed by atoms with Crippen molar-refractivity contribution >= 4 is 34.0 Å². The summed E-state index contributed by atoms with van der Waals surface area (Å²) in [5.41, 5.74) is 1.47. The number of hydrogen-bond donors (Lipinski definition) is 1. The van der Waals surface area contributed by atoms with E-state index in [0.29, 0.717) is 16.8 Å². The molecule has 2 heterocycles. The van der Waals surface area contributed by atoms with Crippen LogP contribution in [-0.4, -0.2) is 34.4 Å². The van der Waals surface area contributed by atoms with Crippen molar-refractivity contribution in [2.24, 2.45) is 0 Å². The fourth-order valence-electron chi connectivity index (χ4n) is 2.15. The first-order chi connectivity index (χ1) is 12.6. The van der Waals surface area contributed by atoms with E-state index < -0.39 is 5.91 Å². The molecule has 1 amide bonds. The van der Waals surface area contributed by atoms with Gasteiger partial charge < -0.3 is 4.74 Å². The summed E-state index contributed by atoms with van der Waals surface area (Å²) in [6, 6.07) is 9.96. The number of thiazole rings is 1. The van der Waals surface area contributed by atoms with Crippen molar-refractivity contribution in [2.45, 2.75) is 6.54 Å². The average Bonchev–Trinajstić information content (AvgIpc) is 3.10. The topological polar surface area (TPSA) is 86.1 Å². The van der Waals surface area contributed by atoms with E-state index in [1.165, 1.54) is 35.3 Å². The molecule has 0 fully saturated rings. The van der Waals surface area contributed by atoms with E-state index in [9.17, 15) is 9.59 Å². The molecule has 0 atom stereocenters. The first-order valence-electron chi connectivity index (χ1n) is 7.67. The summed E-state index contributed by atoms with van der Waals surface area (Å²) in [4.78, 5) is 28.5. The highest BCUT2D eigenvalue weighted by molar-refractivity contribution is 7.14. The van der Waals surface area contributed by atoms with Crippen LogP contribution in [-0.2, 0) is 11.3 Å². The maximum Gasteiger partial charge on any atom is 0.277 e. The number of nitrogens with one attached hydrogen (secondary N) is 1. The molecular formula is C17H15ClN4O3S. The zero-order valence-electron chi connectivity index (χ0n) is 13.8. The van der Waals surface area contributed by atoms with Crippen LogP contribution >= 0.6 is 22.9 Å². The quantitative estimate of drug-likeness (QED) is 0.699. The highest BCUT2D eigenvalue weighted by Crippen LogP contribution is 2.26. The van der Waals surface area contributed by atoms with Gasteiger partial charge >= 0.3 is 0 Å². The van der Waals surface area contributed by atoms with E-state index >= 15 is 0 Å². The van der Waals surface area contributed by atoms with Gasteiger partial charge in [-0.2, -0.15) is 5.10 Å². The molecule has 0 bridgehead atoms. The number of methoxy groups -OCH3 is 1. The zero-order chi connectivity index (χ0) is 18.5. The lowest BCUT2D eigenvalue weighted by atomic mass is 10.2. The number of aromatic nitrogens is 3. The molecule has 0 aliphatic heterocycles. The molecule has 9 heteroatoms. The Bertz CT molecular complexity index is 969. The number of carbonyl (C=O) groups is 1. The first kappa shape index (κ1) is 18.2. The van der Waals surface area contributed by atoms with Crippen molar-refractivity contribution in [3.63, 3.8) is 0 Å². The van der Waals surface area contributed by atoms with E-state index in [1.54, 1.807) is 12.1 Å². The predicted molar refractivity (Wildman–Crippen MR) is 101 cm³/mol. The summed E-state index contributed by atoms with van der Waals surface area (Å²) in [7, 11) is 1.53. The second kappa shape index (κ2) is 8.22. The third-order valence-corrected chi connectivity index (χ3v) is 4.48. The van der Waals surface area contributed by atoms with Crippen LogP contribution in [0.15, 0.2) is 46.6 Å². The Balaban J connectivity index is 1.74. The van der Waals surface area contributed by atoms with Crippen LogP contribution in [0.2, 0.25) is 5.02 Å². The van der Waals surface area contributed by atoms with Gasteiger partial charge in [0.25, 0.3) is 11.5 Å². The van der Waals surface area contributed by atoms with E-state index in [4.69, 9.17) is 16.3 Å². The van der Waals surface area contributed by atoms with Crippen molar-refractivity contribution in [2.75, 3.05) is 19.0 Å². The average molecular weight is 391 g/mol. The third-order valence-electron chi connectivity index (χ3n) is 3.47. The summed E-state index contributed by atoms with van der Waals surface area (Å²) in [6.07, 6.45) is 0. The maximum absolute atomic E-state index is 12.4. The molecule has 3 aromatic rings. The van der Waals surface area contributed by atoms with E-state index in [0.717, 1.165) is 11.3 Å². The fraction of sp³-hybridized carbons (Fsp3) is 0.176. The van der Waals surface area contributed by atoms with Gasteiger partial charge in [-0.3, -0.25) is 14.9 Å². The SMILES string of the molecule is COCCn1nc(C(=O)Nc2nc(-c3ccc(Cl)cc3)cs2)ccc1=O. The van der Waals surface area contributed by atoms with Gasteiger partial charge in [-0.05, 0) is 18.2 Å². The minimum Gasteiger partial charge on any atom is -0.383 e. The van der Waals surface area contributed by atoms with Gasteiger partial charge in [0.1, 0.15) is 5.69 Å². The molecule has 0 saturated carbocycles. The van der Waals surface area contributed by atoms with Crippen molar-refractivity contribution in [1.29, 1.82) is 0 Å². The lowest BCUT2D eigenvalue weighted by Gasteiger charge is -2.06. The highest BCUT2D eigenvalue weighted by Gasteiger charge is 2.13. The molecule has 0 saturated heterocycles. The molecule has 1 aromatic carbocycles. The molecule has 26 heavy (non-hydrogen) atoms. The molecular weight excluding hydrogens is 376 g/mol. The molecule has 7 nitrogen and oxygen atoms in total. The number of amides is 1. The lowest BCUT2D eigenvalue weighted by Crippen LogP contribution is -2.27. The summed E-state index contributed by atoms with van der Waals surface area (Å²) in [5, 5.41) is 9.68. The Kier molecular flexibility index (Phi) is 5.77. The van der Waals surface area contributed by atoms with Crippen LogP contribution in [0.4, 0.5) is 5.13 Å². The Labute approximate surface area is 158 Å². The van der Waals surface area contributed by atoms with Crippen molar-refractivity contribution in [1.82, 2.24) is 14.8 Å². The fourth-order valence-corrected chi connectivity index (χ4v) is 2.99. The molecule has 0 radical (unpaired) electrons. The molecule has 0 unspecified atom stereocenters. The number of hydrogen-bond acceptors (Lipinski definition) is 6.